The summed E-state index contributed by atoms with van der Waals surface area (Å²) in [4.78, 5) is 17.1. The van der Waals surface area contributed by atoms with Gasteiger partial charge >= 0.3 is 5.97 Å². The fourth-order valence-electron chi connectivity index (χ4n) is 7.02. The summed E-state index contributed by atoms with van der Waals surface area (Å²) < 4.78 is 14.2. The number of benzene rings is 3. The normalized spacial score (nSPS) is 17.1. The van der Waals surface area contributed by atoms with Crippen LogP contribution in [0.5, 0.6) is 11.5 Å². The predicted octanol–water partition coefficient (Wildman–Crippen LogP) is 7.91. The summed E-state index contributed by atoms with van der Waals surface area (Å²) in [5, 5.41) is 10.9. The van der Waals surface area contributed by atoms with Crippen LogP contribution in [-0.4, -0.2) is 35.1 Å². The van der Waals surface area contributed by atoms with Crippen LogP contribution in [0.2, 0.25) is 0 Å². The Morgan fingerprint density at radius 2 is 1.82 bits per heavy atom. The van der Waals surface area contributed by atoms with E-state index in [2.05, 4.69) is 28.8 Å². The largest absolute Gasteiger partial charge is 0.497 e. The van der Waals surface area contributed by atoms with Gasteiger partial charge < -0.3 is 19.1 Å². The summed E-state index contributed by atoms with van der Waals surface area (Å²) in [6.07, 6.45) is 8.91. The lowest BCUT2D eigenvalue weighted by atomic mass is 9.81. The number of hydrogen-bond donors (Lipinski definition) is 1. The molecule has 3 aromatic carbocycles. The number of hydrogen-bond acceptors (Lipinski definition) is 4. The Kier molecular flexibility index (Phi) is 6.34. The molecule has 0 unspecified atom stereocenters. The molecule has 1 aliphatic carbocycles. The van der Waals surface area contributed by atoms with Gasteiger partial charge in [0.25, 0.3) is 0 Å². The van der Waals surface area contributed by atoms with Crippen LogP contribution in [0.15, 0.2) is 59.6 Å². The number of carbonyl (C=O) groups is 1. The number of rotatable bonds is 4. The van der Waals surface area contributed by atoms with E-state index in [1.54, 1.807) is 13.2 Å². The van der Waals surface area contributed by atoms with Gasteiger partial charge in [0.1, 0.15) is 18.1 Å². The Morgan fingerprint density at radius 3 is 2.60 bits per heavy atom. The van der Waals surface area contributed by atoms with E-state index in [9.17, 15) is 9.90 Å². The summed E-state index contributed by atoms with van der Waals surface area (Å²) in [7, 11) is 1.68. The van der Waals surface area contributed by atoms with Crippen molar-refractivity contribution >= 4 is 28.3 Å². The lowest BCUT2D eigenvalue weighted by Crippen LogP contribution is -2.07. The highest BCUT2D eigenvalue weighted by Gasteiger charge is 2.31. The highest BCUT2D eigenvalue weighted by molar-refractivity contribution is 6.03. The Morgan fingerprint density at radius 1 is 1.00 bits per heavy atom. The maximum absolute atomic E-state index is 11.9. The second-order valence-corrected chi connectivity index (χ2v) is 11.2. The van der Waals surface area contributed by atoms with Crippen molar-refractivity contribution in [3.63, 3.8) is 0 Å². The molecule has 40 heavy (non-hydrogen) atoms. The first-order valence-corrected chi connectivity index (χ1v) is 14.5. The van der Waals surface area contributed by atoms with Gasteiger partial charge in [0.2, 0.25) is 0 Å². The number of fused-ring (bicyclic) bond motifs is 7. The maximum atomic E-state index is 11.9. The molecule has 2 aliphatic heterocycles. The van der Waals surface area contributed by atoms with Crippen LogP contribution in [0.3, 0.4) is 0 Å². The minimum atomic E-state index is -0.891. The molecule has 0 radical (unpaired) electrons. The van der Waals surface area contributed by atoms with Gasteiger partial charge in [0, 0.05) is 27.7 Å². The predicted molar refractivity (Wildman–Crippen MR) is 158 cm³/mol. The molecular formula is C34H34N2O4. The van der Waals surface area contributed by atoms with Gasteiger partial charge in [0.15, 0.2) is 0 Å². The molecule has 1 N–H and O–H groups in total. The topological polar surface area (TPSA) is 73.0 Å². The summed E-state index contributed by atoms with van der Waals surface area (Å²) in [6, 6.07) is 18.2. The quantitative estimate of drug-likeness (QED) is 0.289. The second-order valence-electron chi connectivity index (χ2n) is 11.2. The lowest BCUT2D eigenvalue weighted by Gasteiger charge is -2.24. The number of aromatic carboxylic acids is 1. The van der Waals surface area contributed by atoms with Gasteiger partial charge in [-0.1, -0.05) is 25.3 Å². The first-order chi connectivity index (χ1) is 19.6. The molecular weight excluding hydrogens is 500 g/mol. The van der Waals surface area contributed by atoms with E-state index in [0.29, 0.717) is 24.6 Å². The van der Waals surface area contributed by atoms with Crippen molar-refractivity contribution < 1.29 is 19.4 Å². The molecule has 0 saturated heterocycles. The van der Waals surface area contributed by atoms with Crippen LogP contribution in [-0.2, 0) is 13.0 Å². The minimum Gasteiger partial charge on any atom is -0.497 e. The van der Waals surface area contributed by atoms with Crippen molar-refractivity contribution in [3.05, 3.63) is 76.9 Å². The lowest BCUT2D eigenvalue weighted by molar-refractivity contribution is 0.0697. The van der Waals surface area contributed by atoms with Crippen LogP contribution in [0.4, 0.5) is 5.69 Å². The maximum Gasteiger partial charge on any atom is 0.335 e. The third kappa shape index (κ3) is 4.17. The molecule has 0 atom stereocenters. The van der Waals surface area contributed by atoms with Crippen molar-refractivity contribution in [3.8, 4) is 22.8 Å². The number of ether oxygens (including phenoxy) is 2. The Bertz CT molecular complexity index is 1640. The first-order valence-electron chi connectivity index (χ1n) is 14.5. The van der Waals surface area contributed by atoms with Gasteiger partial charge in [0.05, 0.1) is 30.6 Å². The fraction of sp³-hybridized carbons (Fsp3) is 0.353. The highest BCUT2D eigenvalue weighted by atomic mass is 16.5. The van der Waals surface area contributed by atoms with Crippen molar-refractivity contribution in [1.29, 1.82) is 0 Å². The molecule has 6 nitrogen and oxygen atoms in total. The molecule has 4 aromatic rings. The molecule has 0 bridgehead atoms. The number of carboxylic acids is 1. The summed E-state index contributed by atoms with van der Waals surface area (Å²) in [5.41, 5.74) is 9.41. The van der Waals surface area contributed by atoms with E-state index in [4.69, 9.17) is 14.5 Å². The first kappa shape index (κ1) is 24.9. The van der Waals surface area contributed by atoms with Crippen molar-refractivity contribution in [2.75, 3.05) is 13.7 Å². The van der Waals surface area contributed by atoms with Crippen LogP contribution >= 0.6 is 0 Å². The van der Waals surface area contributed by atoms with E-state index < -0.39 is 5.97 Å². The Hall–Kier alpha value is -4.06. The summed E-state index contributed by atoms with van der Waals surface area (Å²) >= 11 is 0. The minimum absolute atomic E-state index is 0.329. The molecule has 1 saturated carbocycles. The molecule has 1 aromatic heterocycles. The van der Waals surface area contributed by atoms with Crippen molar-refractivity contribution in [2.45, 2.75) is 63.8 Å². The number of nitrogens with zero attached hydrogens (tertiary/aromatic N) is 2. The standard InChI is InChI=1S/C34H34N2O4/c1-39-24-13-10-21(11-14-24)28-9-5-8-25-29(35-28)17-16-27-32-31(22-6-3-2-4-7-22)26-15-12-23(34(37)38)20-30(26)36(32)18-19-40-33(25)27/h10-17,20,22H,2-9,18-19H2,1H3,(H,37,38). The van der Waals surface area contributed by atoms with Gasteiger partial charge in [-0.3, -0.25) is 4.99 Å². The van der Waals surface area contributed by atoms with E-state index in [-0.39, 0.29) is 0 Å². The average Bonchev–Trinajstić information content (AvgIpc) is 3.11. The van der Waals surface area contributed by atoms with Crippen molar-refractivity contribution in [2.24, 2.45) is 4.99 Å². The third-order valence-corrected chi connectivity index (χ3v) is 8.94. The zero-order valence-corrected chi connectivity index (χ0v) is 22.9. The van der Waals surface area contributed by atoms with Gasteiger partial charge in [-0.25, -0.2) is 4.79 Å². The van der Waals surface area contributed by atoms with Crippen LogP contribution in [0.1, 0.15) is 77.9 Å². The molecule has 6 heteroatoms. The van der Waals surface area contributed by atoms with Gasteiger partial charge in [-0.15, -0.1) is 0 Å². The van der Waals surface area contributed by atoms with Gasteiger partial charge in [-0.05, 0) is 97.7 Å². The van der Waals surface area contributed by atoms with E-state index in [0.717, 1.165) is 58.8 Å². The van der Waals surface area contributed by atoms with Crippen molar-refractivity contribution in [1.82, 2.24) is 4.57 Å². The SMILES string of the molecule is COc1ccc(C2=Nc3ccc4c(c3CCC2)OCCn2c-4c(C3CCCCC3)c3ccc(C(=O)O)cc32)cc1. The molecule has 0 amide bonds. The summed E-state index contributed by atoms with van der Waals surface area (Å²) in [6.45, 7) is 1.22. The fourth-order valence-corrected chi connectivity index (χ4v) is 7.02. The van der Waals surface area contributed by atoms with Crippen LogP contribution < -0.4 is 9.47 Å². The molecule has 1 fully saturated rings. The number of aliphatic imine (C=N–C) groups is 1. The van der Waals surface area contributed by atoms with Crippen LogP contribution in [0, 0.1) is 0 Å². The Labute approximate surface area is 234 Å². The number of methoxy groups -OCH3 is 1. The second kappa shape index (κ2) is 10.2. The monoisotopic (exact) mass is 534 g/mol. The molecule has 3 heterocycles. The smallest absolute Gasteiger partial charge is 0.335 e. The van der Waals surface area contributed by atoms with Crippen LogP contribution in [0.25, 0.3) is 22.2 Å². The summed E-state index contributed by atoms with van der Waals surface area (Å²) in [5.74, 6) is 1.37. The Balaban J connectivity index is 1.41. The third-order valence-electron chi connectivity index (χ3n) is 8.94. The zero-order chi connectivity index (χ0) is 27.2. The van der Waals surface area contributed by atoms with E-state index in [1.807, 2.05) is 24.3 Å². The number of aromatic nitrogens is 1. The highest BCUT2D eigenvalue weighted by Crippen LogP contribution is 2.49. The zero-order valence-electron chi connectivity index (χ0n) is 22.9. The average molecular weight is 535 g/mol. The molecule has 0 spiro atoms. The van der Waals surface area contributed by atoms with E-state index in [1.165, 1.54) is 54.3 Å². The number of carboxylic acid groups (broad SMARTS) is 1. The molecule has 7 rings (SSSR count). The molecule has 3 aliphatic rings. The molecule has 204 valence electrons. The van der Waals surface area contributed by atoms with E-state index >= 15 is 0 Å². The van der Waals surface area contributed by atoms with Gasteiger partial charge in [-0.2, -0.15) is 0 Å².